The summed E-state index contributed by atoms with van der Waals surface area (Å²) >= 11 is 0. The smallest absolute Gasteiger partial charge is 0.309 e. The largest absolute Gasteiger partial charge is 0.461 e. The van der Waals surface area contributed by atoms with E-state index in [0.29, 0.717) is 6.61 Å². The van der Waals surface area contributed by atoms with Gasteiger partial charge >= 0.3 is 5.97 Å². The number of hydrogen-bond donors (Lipinski definition) is 0. The third-order valence-electron chi connectivity index (χ3n) is 4.89. The van der Waals surface area contributed by atoms with E-state index in [0.717, 1.165) is 37.7 Å². The van der Waals surface area contributed by atoms with Crippen molar-refractivity contribution in [3.63, 3.8) is 0 Å². The maximum atomic E-state index is 12.5. The number of allylic oxidation sites excluding steroid dienone is 1. The van der Waals surface area contributed by atoms with Gasteiger partial charge in [-0.05, 0) is 43.2 Å². The van der Waals surface area contributed by atoms with Gasteiger partial charge in [0.1, 0.15) is 6.61 Å². The number of hydrogen-bond acceptors (Lipinski definition) is 2. The molecule has 0 aliphatic rings. The quantitative estimate of drug-likeness (QED) is 0.230. The van der Waals surface area contributed by atoms with E-state index in [2.05, 4.69) is 36.9 Å². The zero-order valence-electron chi connectivity index (χ0n) is 16.3. The van der Waals surface area contributed by atoms with Gasteiger partial charge in [0.05, 0.1) is 5.92 Å². The van der Waals surface area contributed by atoms with Crippen molar-refractivity contribution in [1.82, 2.24) is 0 Å². The molecule has 0 bridgehead atoms. The lowest BCUT2D eigenvalue weighted by Gasteiger charge is -2.15. The van der Waals surface area contributed by atoms with Crippen LogP contribution in [0.15, 0.2) is 73.3 Å². The van der Waals surface area contributed by atoms with Crippen LogP contribution in [-0.4, -0.2) is 5.97 Å². The standard InChI is InChI=1S/C25H32O2/c1-2-3-19-24(25(26)27-21-23-17-11-7-12-18-23)20-13-5-4-8-14-22-15-9-6-10-16-22/h2,6-7,9-12,15-18,24H,1,3-5,8,13-14,19-21H2. The molecule has 2 nitrogen and oxygen atoms in total. The van der Waals surface area contributed by atoms with Crippen LogP contribution in [0.2, 0.25) is 0 Å². The molecule has 0 aliphatic heterocycles. The fraction of sp³-hybridized carbons (Fsp3) is 0.400. The molecule has 1 unspecified atom stereocenters. The van der Waals surface area contributed by atoms with E-state index in [4.69, 9.17) is 4.74 Å². The van der Waals surface area contributed by atoms with Gasteiger partial charge in [0.2, 0.25) is 0 Å². The van der Waals surface area contributed by atoms with Crippen LogP contribution in [0.4, 0.5) is 0 Å². The van der Waals surface area contributed by atoms with Crippen LogP contribution in [0.5, 0.6) is 0 Å². The van der Waals surface area contributed by atoms with E-state index in [9.17, 15) is 4.79 Å². The maximum Gasteiger partial charge on any atom is 0.309 e. The second-order valence-corrected chi connectivity index (χ2v) is 7.09. The summed E-state index contributed by atoms with van der Waals surface area (Å²) in [5.74, 6) is -0.0779. The Balaban J connectivity index is 1.66. The van der Waals surface area contributed by atoms with Crippen molar-refractivity contribution in [2.45, 2.75) is 58.0 Å². The molecule has 2 aromatic rings. The fourth-order valence-electron chi connectivity index (χ4n) is 3.26. The van der Waals surface area contributed by atoms with Gasteiger partial charge in [-0.1, -0.05) is 86.0 Å². The van der Waals surface area contributed by atoms with Crippen molar-refractivity contribution in [3.8, 4) is 0 Å². The van der Waals surface area contributed by atoms with Crippen LogP contribution in [-0.2, 0) is 22.6 Å². The predicted octanol–water partition coefficient (Wildman–Crippen LogP) is 6.51. The highest BCUT2D eigenvalue weighted by atomic mass is 16.5. The molecule has 0 aliphatic carbocycles. The van der Waals surface area contributed by atoms with Crippen molar-refractivity contribution >= 4 is 5.97 Å². The SMILES string of the molecule is C=CCCC(CCCCCCc1ccccc1)C(=O)OCc1ccccc1. The first-order chi connectivity index (χ1) is 13.3. The molecule has 27 heavy (non-hydrogen) atoms. The van der Waals surface area contributed by atoms with Crippen molar-refractivity contribution in [2.24, 2.45) is 5.92 Å². The lowest BCUT2D eigenvalue weighted by molar-refractivity contribution is -0.150. The highest BCUT2D eigenvalue weighted by Gasteiger charge is 2.19. The molecule has 0 aromatic heterocycles. The molecule has 0 radical (unpaired) electrons. The summed E-state index contributed by atoms with van der Waals surface area (Å²) in [7, 11) is 0. The highest BCUT2D eigenvalue weighted by molar-refractivity contribution is 5.72. The number of rotatable bonds is 13. The fourth-order valence-corrected chi connectivity index (χ4v) is 3.26. The first kappa shape index (κ1) is 21.0. The molecule has 2 aromatic carbocycles. The van der Waals surface area contributed by atoms with Crippen LogP contribution in [0.1, 0.15) is 56.1 Å². The Labute approximate surface area is 164 Å². The minimum absolute atomic E-state index is 0.0131. The Morgan fingerprint density at radius 3 is 2.15 bits per heavy atom. The molecule has 1 atom stereocenters. The number of carbonyl (C=O) groups excluding carboxylic acids is 1. The van der Waals surface area contributed by atoms with Crippen molar-refractivity contribution in [2.75, 3.05) is 0 Å². The van der Waals surface area contributed by atoms with Gasteiger partial charge in [-0.25, -0.2) is 0 Å². The molecular formula is C25H32O2. The van der Waals surface area contributed by atoms with Crippen LogP contribution in [0.25, 0.3) is 0 Å². The molecule has 0 fully saturated rings. The van der Waals surface area contributed by atoms with Crippen LogP contribution >= 0.6 is 0 Å². The number of carbonyl (C=O) groups is 1. The topological polar surface area (TPSA) is 26.3 Å². The first-order valence-electron chi connectivity index (χ1n) is 10.1. The van der Waals surface area contributed by atoms with Crippen molar-refractivity contribution in [1.29, 1.82) is 0 Å². The Morgan fingerprint density at radius 2 is 1.48 bits per heavy atom. The second-order valence-electron chi connectivity index (χ2n) is 7.09. The molecule has 0 heterocycles. The van der Waals surface area contributed by atoms with E-state index in [1.807, 2.05) is 36.4 Å². The number of aryl methyl sites for hydroxylation is 1. The molecule has 0 saturated carbocycles. The second kappa shape index (κ2) is 12.9. The minimum atomic E-state index is -0.0648. The number of ether oxygens (including phenoxy) is 1. The highest BCUT2D eigenvalue weighted by Crippen LogP contribution is 2.19. The molecular weight excluding hydrogens is 332 g/mol. The van der Waals surface area contributed by atoms with E-state index in [1.165, 1.54) is 24.8 Å². The van der Waals surface area contributed by atoms with Gasteiger partial charge in [-0.3, -0.25) is 4.79 Å². The molecule has 0 amide bonds. The molecule has 144 valence electrons. The summed E-state index contributed by atoms with van der Waals surface area (Å²) in [4.78, 5) is 12.5. The van der Waals surface area contributed by atoms with E-state index in [-0.39, 0.29) is 11.9 Å². The van der Waals surface area contributed by atoms with Crippen LogP contribution in [0, 0.1) is 5.92 Å². The average Bonchev–Trinajstić information content (AvgIpc) is 2.72. The number of unbranched alkanes of at least 4 members (excludes halogenated alkanes) is 3. The van der Waals surface area contributed by atoms with E-state index >= 15 is 0 Å². The summed E-state index contributed by atoms with van der Waals surface area (Å²) in [6.45, 7) is 4.15. The average molecular weight is 365 g/mol. The third-order valence-corrected chi connectivity index (χ3v) is 4.89. The van der Waals surface area contributed by atoms with Crippen molar-refractivity contribution in [3.05, 3.63) is 84.4 Å². The molecule has 2 rings (SSSR count). The summed E-state index contributed by atoms with van der Waals surface area (Å²) in [5.41, 5.74) is 2.44. The van der Waals surface area contributed by atoms with Crippen molar-refractivity contribution < 1.29 is 9.53 Å². The van der Waals surface area contributed by atoms with Crippen LogP contribution in [0.3, 0.4) is 0 Å². The summed E-state index contributed by atoms with van der Waals surface area (Å²) in [5, 5.41) is 0. The van der Waals surface area contributed by atoms with Gasteiger partial charge in [0.25, 0.3) is 0 Å². The zero-order valence-corrected chi connectivity index (χ0v) is 16.3. The first-order valence-corrected chi connectivity index (χ1v) is 10.1. The van der Waals surface area contributed by atoms with Gasteiger partial charge in [-0.2, -0.15) is 0 Å². The molecule has 0 N–H and O–H groups in total. The number of esters is 1. The lowest BCUT2D eigenvalue weighted by atomic mass is 9.95. The Hall–Kier alpha value is -2.35. The van der Waals surface area contributed by atoms with E-state index < -0.39 is 0 Å². The Morgan fingerprint density at radius 1 is 0.852 bits per heavy atom. The summed E-state index contributed by atoms with van der Waals surface area (Å²) < 4.78 is 5.55. The summed E-state index contributed by atoms with van der Waals surface area (Å²) in [6.07, 6.45) is 10.3. The van der Waals surface area contributed by atoms with Gasteiger partial charge in [-0.15, -0.1) is 6.58 Å². The maximum absolute atomic E-state index is 12.5. The zero-order chi connectivity index (χ0) is 19.2. The minimum Gasteiger partial charge on any atom is -0.461 e. The monoisotopic (exact) mass is 364 g/mol. The molecule has 0 spiro atoms. The van der Waals surface area contributed by atoms with E-state index in [1.54, 1.807) is 0 Å². The molecule has 2 heteroatoms. The van der Waals surface area contributed by atoms with Gasteiger partial charge in [0, 0.05) is 0 Å². The van der Waals surface area contributed by atoms with Crippen LogP contribution < -0.4 is 0 Å². The molecule has 0 saturated heterocycles. The Kier molecular flexibility index (Phi) is 10.0. The lowest BCUT2D eigenvalue weighted by Crippen LogP contribution is -2.18. The third kappa shape index (κ3) is 8.72. The number of benzene rings is 2. The summed E-state index contributed by atoms with van der Waals surface area (Å²) in [6, 6.07) is 20.5. The predicted molar refractivity (Wildman–Crippen MR) is 112 cm³/mol. The van der Waals surface area contributed by atoms with Gasteiger partial charge < -0.3 is 4.74 Å². The Bertz CT molecular complexity index is 649. The normalized spacial score (nSPS) is 11.7. The van der Waals surface area contributed by atoms with Gasteiger partial charge in [0.15, 0.2) is 0 Å².